The number of hydrogen-bond acceptors (Lipinski definition) is 3. The highest BCUT2D eigenvalue weighted by molar-refractivity contribution is 6.32. The number of ether oxygens (including phenoxy) is 1. The Bertz CT molecular complexity index is 518. The van der Waals surface area contributed by atoms with Crippen LogP contribution in [0.2, 0.25) is 5.02 Å². The number of carbonyl (C=O) groups excluding carboxylic acids is 1. The first-order valence-electron chi connectivity index (χ1n) is 5.38. The van der Waals surface area contributed by atoms with Crippen molar-refractivity contribution < 1.29 is 9.53 Å². The molecule has 0 aromatic heterocycles. The van der Waals surface area contributed by atoms with E-state index < -0.39 is 5.41 Å². The minimum absolute atomic E-state index is 0.366. The molecule has 0 saturated carbocycles. The van der Waals surface area contributed by atoms with E-state index in [4.69, 9.17) is 21.6 Å². The zero-order chi connectivity index (χ0) is 13.9. The Hall–Kier alpha value is -1.73. The van der Waals surface area contributed by atoms with Crippen molar-refractivity contribution in [1.29, 1.82) is 5.26 Å². The molecule has 1 rings (SSSR count). The standard InChI is InChI=1S/C13H15ClN2O2/c1-8-5-11(18-4)9(14)6-10(8)16-12(17)13(2,3)7-15/h5-6H,1-4H3,(H,16,17). The first kappa shape index (κ1) is 14.3. The van der Waals surface area contributed by atoms with Gasteiger partial charge in [-0.3, -0.25) is 4.79 Å². The number of anilines is 1. The van der Waals surface area contributed by atoms with Crippen LogP contribution in [0.25, 0.3) is 0 Å². The maximum Gasteiger partial charge on any atom is 0.244 e. The summed E-state index contributed by atoms with van der Waals surface area (Å²) >= 11 is 5.99. The molecule has 0 fully saturated rings. The molecule has 0 aliphatic rings. The van der Waals surface area contributed by atoms with Gasteiger partial charge in [0.15, 0.2) is 0 Å². The number of aryl methyl sites for hydroxylation is 1. The van der Waals surface area contributed by atoms with Gasteiger partial charge in [-0.15, -0.1) is 0 Å². The molecule has 1 aromatic carbocycles. The van der Waals surface area contributed by atoms with E-state index in [0.29, 0.717) is 16.5 Å². The largest absolute Gasteiger partial charge is 0.495 e. The Morgan fingerprint density at radius 3 is 2.61 bits per heavy atom. The van der Waals surface area contributed by atoms with Gasteiger partial charge in [-0.2, -0.15) is 5.26 Å². The molecule has 0 unspecified atom stereocenters. The van der Waals surface area contributed by atoms with Crippen molar-refractivity contribution in [2.75, 3.05) is 12.4 Å². The highest BCUT2D eigenvalue weighted by Gasteiger charge is 2.27. The van der Waals surface area contributed by atoms with Crippen molar-refractivity contribution in [2.24, 2.45) is 5.41 Å². The summed E-state index contributed by atoms with van der Waals surface area (Å²) in [5.74, 6) is 0.182. The second-order valence-corrected chi connectivity index (χ2v) is 4.90. The van der Waals surface area contributed by atoms with Gasteiger partial charge in [0.2, 0.25) is 5.91 Å². The van der Waals surface area contributed by atoms with Crippen LogP contribution in [0.15, 0.2) is 12.1 Å². The van der Waals surface area contributed by atoms with Crippen molar-refractivity contribution in [3.8, 4) is 11.8 Å². The van der Waals surface area contributed by atoms with Crippen LogP contribution in [0.3, 0.4) is 0 Å². The highest BCUT2D eigenvalue weighted by Crippen LogP contribution is 2.31. The van der Waals surface area contributed by atoms with Gasteiger partial charge in [0.25, 0.3) is 0 Å². The number of rotatable bonds is 3. The van der Waals surface area contributed by atoms with Gasteiger partial charge in [-0.1, -0.05) is 11.6 Å². The monoisotopic (exact) mass is 266 g/mol. The first-order valence-corrected chi connectivity index (χ1v) is 5.76. The molecule has 0 atom stereocenters. The molecule has 1 N–H and O–H groups in total. The molecule has 1 amide bonds. The molecule has 0 aliphatic heterocycles. The summed E-state index contributed by atoms with van der Waals surface area (Å²) in [5, 5.41) is 12.0. The summed E-state index contributed by atoms with van der Waals surface area (Å²) in [7, 11) is 1.53. The fourth-order valence-electron chi connectivity index (χ4n) is 1.28. The summed E-state index contributed by atoms with van der Waals surface area (Å²) in [6.45, 7) is 4.94. The van der Waals surface area contributed by atoms with Crippen molar-refractivity contribution in [3.05, 3.63) is 22.7 Å². The topological polar surface area (TPSA) is 62.1 Å². The Morgan fingerprint density at radius 1 is 1.50 bits per heavy atom. The Morgan fingerprint density at radius 2 is 2.11 bits per heavy atom. The zero-order valence-corrected chi connectivity index (χ0v) is 11.6. The van der Waals surface area contributed by atoms with Gasteiger partial charge in [0, 0.05) is 5.69 Å². The van der Waals surface area contributed by atoms with E-state index in [0.717, 1.165) is 5.56 Å². The lowest BCUT2D eigenvalue weighted by molar-refractivity contribution is -0.121. The SMILES string of the molecule is COc1cc(C)c(NC(=O)C(C)(C)C#N)cc1Cl. The van der Waals surface area contributed by atoms with Crippen molar-refractivity contribution in [1.82, 2.24) is 0 Å². The number of hydrogen-bond donors (Lipinski definition) is 1. The lowest BCUT2D eigenvalue weighted by Gasteiger charge is -2.17. The molecule has 18 heavy (non-hydrogen) atoms. The molecule has 96 valence electrons. The van der Waals surface area contributed by atoms with Crippen LogP contribution in [-0.2, 0) is 4.79 Å². The minimum Gasteiger partial charge on any atom is -0.495 e. The molecule has 0 bridgehead atoms. The third-order valence-corrected chi connectivity index (χ3v) is 2.89. The third-order valence-electron chi connectivity index (χ3n) is 2.59. The molecular formula is C13H15ClN2O2. The summed E-state index contributed by atoms with van der Waals surface area (Å²) in [6.07, 6.45) is 0. The van der Waals surface area contributed by atoms with Crippen molar-refractivity contribution in [2.45, 2.75) is 20.8 Å². The molecule has 0 radical (unpaired) electrons. The van der Waals surface area contributed by atoms with E-state index in [1.807, 2.05) is 13.0 Å². The number of nitrogens with one attached hydrogen (secondary N) is 1. The zero-order valence-electron chi connectivity index (χ0n) is 10.8. The summed E-state index contributed by atoms with van der Waals surface area (Å²) in [4.78, 5) is 11.9. The summed E-state index contributed by atoms with van der Waals surface area (Å²) in [5.41, 5.74) is 0.311. The first-order chi connectivity index (χ1) is 8.31. The molecule has 5 heteroatoms. The predicted molar refractivity (Wildman–Crippen MR) is 70.8 cm³/mol. The number of amides is 1. The fourth-order valence-corrected chi connectivity index (χ4v) is 1.52. The lowest BCUT2D eigenvalue weighted by atomic mass is 9.94. The van der Waals surface area contributed by atoms with Crippen molar-refractivity contribution in [3.63, 3.8) is 0 Å². The Balaban J connectivity index is 3.04. The van der Waals surface area contributed by atoms with Crippen LogP contribution in [0.1, 0.15) is 19.4 Å². The highest BCUT2D eigenvalue weighted by atomic mass is 35.5. The Kier molecular flexibility index (Phi) is 4.20. The van der Waals surface area contributed by atoms with Gasteiger partial charge in [-0.25, -0.2) is 0 Å². The fraction of sp³-hybridized carbons (Fsp3) is 0.385. The lowest BCUT2D eigenvalue weighted by Crippen LogP contribution is -2.29. The molecule has 0 aliphatic carbocycles. The number of methoxy groups -OCH3 is 1. The second kappa shape index (κ2) is 5.28. The summed E-state index contributed by atoms with van der Waals surface area (Å²) < 4.78 is 5.08. The maximum atomic E-state index is 11.9. The number of nitriles is 1. The second-order valence-electron chi connectivity index (χ2n) is 4.49. The number of benzene rings is 1. The van der Waals surface area contributed by atoms with E-state index in [1.165, 1.54) is 7.11 Å². The van der Waals surface area contributed by atoms with E-state index in [-0.39, 0.29) is 5.91 Å². The predicted octanol–water partition coefficient (Wildman–Crippen LogP) is 3.15. The normalized spacial score (nSPS) is 10.7. The maximum absolute atomic E-state index is 11.9. The molecule has 1 aromatic rings. The van der Waals surface area contributed by atoms with Crippen molar-refractivity contribution >= 4 is 23.2 Å². The van der Waals surface area contributed by atoms with Gasteiger partial charge in [0.1, 0.15) is 11.2 Å². The van der Waals surface area contributed by atoms with Crippen LogP contribution < -0.4 is 10.1 Å². The molecule has 0 saturated heterocycles. The quantitative estimate of drug-likeness (QED) is 0.914. The average molecular weight is 267 g/mol. The number of halogens is 1. The molecule has 0 spiro atoms. The van der Waals surface area contributed by atoms with Gasteiger partial charge >= 0.3 is 0 Å². The van der Waals surface area contributed by atoms with Crippen LogP contribution in [0, 0.1) is 23.7 Å². The van der Waals surface area contributed by atoms with E-state index in [9.17, 15) is 4.79 Å². The third kappa shape index (κ3) is 2.93. The van der Waals surface area contributed by atoms with E-state index in [2.05, 4.69) is 5.32 Å². The summed E-state index contributed by atoms with van der Waals surface area (Å²) in [6, 6.07) is 5.29. The smallest absolute Gasteiger partial charge is 0.244 e. The number of nitrogens with zero attached hydrogens (tertiary/aromatic N) is 1. The Labute approximate surface area is 112 Å². The van der Waals surface area contributed by atoms with E-state index in [1.54, 1.807) is 26.0 Å². The average Bonchev–Trinajstić information content (AvgIpc) is 2.33. The van der Waals surface area contributed by atoms with Gasteiger partial charge < -0.3 is 10.1 Å². The minimum atomic E-state index is -1.08. The van der Waals surface area contributed by atoms with Gasteiger partial charge in [0.05, 0.1) is 18.2 Å². The van der Waals surface area contributed by atoms with Crippen LogP contribution in [0.5, 0.6) is 5.75 Å². The number of carbonyl (C=O) groups is 1. The molecule has 0 heterocycles. The van der Waals surface area contributed by atoms with E-state index >= 15 is 0 Å². The van der Waals surface area contributed by atoms with Gasteiger partial charge in [-0.05, 0) is 38.5 Å². The molecule has 4 nitrogen and oxygen atoms in total. The molecular weight excluding hydrogens is 252 g/mol. The van der Waals surface area contributed by atoms with Crippen LogP contribution in [0.4, 0.5) is 5.69 Å². The van der Waals surface area contributed by atoms with Crippen LogP contribution >= 0.6 is 11.6 Å². The van der Waals surface area contributed by atoms with Crippen LogP contribution in [-0.4, -0.2) is 13.0 Å².